The van der Waals surface area contributed by atoms with Gasteiger partial charge in [0.15, 0.2) is 0 Å². The zero-order valence-corrected chi connectivity index (χ0v) is 15.2. The normalized spacial score (nSPS) is 12.7. The minimum atomic E-state index is -0.0436. The van der Waals surface area contributed by atoms with Gasteiger partial charge < -0.3 is 10.7 Å². The summed E-state index contributed by atoms with van der Waals surface area (Å²) in [6.07, 6.45) is 0. The number of aromatic nitrogens is 1. The van der Waals surface area contributed by atoms with Crippen LogP contribution in [-0.4, -0.2) is 16.9 Å². The van der Waals surface area contributed by atoms with Gasteiger partial charge in [-0.05, 0) is 50.6 Å². The molecule has 2 aromatic heterocycles. The molecule has 2 aromatic carbocycles. The first-order valence-corrected chi connectivity index (χ1v) is 9.08. The molecule has 0 fully saturated rings. The van der Waals surface area contributed by atoms with Crippen molar-refractivity contribution in [2.24, 2.45) is 10.7 Å². The minimum Gasteiger partial charge on any atom is -0.383 e. The number of aromatic amines is 1. The quantitative estimate of drug-likeness (QED) is 0.418. The van der Waals surface area contributed by atoms with Crippen LogP contribution in [0.2, 0.25) is 0 Å². The van der Waals surface area contributed by atoms with Gasteiger partial charge in [-0.15, -0.1) is 11.3 Å². The van der Waals surface area contributed by atoms with E-state index in [0.29, 0.717) is 5.84 Å². The molecule has 0 radical (unpaired) electrons. The molecule has 25 heavy (non-hydrogen) atoms. The van der Waals surface area contributed by atoms with Crippen LogP contribution in [0.5, 0.6) is 0 Å². The number of thiophene rings is 1. The van der Waals surface area contributed by atoms with Crippen LogP contribution in [0.1, 0.15) is 25.0 Å². The molecule has 0 atom stereocenters. The van der Waals surface area contributed by atoms with Gasteiger partial charge in [0.2, 0.25) is 0 Å². The van der Waals surface area contributed by atoms with Crippen molar-refractivity contribution in [1.82, 2.24) is 4.98 Å². The fourth-order valence-corrected chi connectivity index (χ4v) is 4.39. The number of hydrogen-bond donors (Lipinski definition) is 2. The third kappa shape index (κ3) is 2.61. The number of pyridine rings is 1. The van der Waals surface area contributed by atoms with Crippen LogP contribution in [0, 0.1) is 6.92 Å². The predicted octanol–water partition coefficient (Wildman–Crippen LogP) is 4.32. The zero-order chi connectivity index (χ0) is 17.7. The fraction of sp³-hybridized carbons (Fsp3) is 0.200. The number of hydrogen-bond acceptors (Lipinski definition) is 3. The Labute approximate surface area is 149 Å². The molecule has 0 saturated carbocycles. The average Bonchev–Trinajstić information content (AvgIpc) is 2.93. The smallest absolute Gasteiger partial charge is 0.266 e. The molecule has 2 heterocycles. The van der Waals surface area contributed by atoms with Gasteiger partial charge in [0, 0.05) is 38.0 Å². The van der Waals surface area contributed by atoms with E-state index in [-0.39, 0.29) is 11.6 Å². The van der Waals surface area contributed by atoms with E-state index in [0.717, 1.165) is 36.6 Å². The van der Waals surface area contributed by atoms with E-state index in [1.54, 1.807) is 0 Å². The van der Waals surface area contributed by atoms with Crippen molar-refractivity contribution in [1.29, 1.82) is 0 Å². The molecule has 0 aliphatic carbocycles. The van der Waals surface area contributed by atoms with Crippen LogP contribution in [0.15, 0.2) is 46.2 Å². The van der Waals surface area contributed by atoms with Gasteiger partial charge in [0.25, 0.3) is 5.56 Å². The lowest BCUT2D eigenvalue weighted by Gasteiger charge is -2.06. The first-order chi connectivity index (χ1) is 11.9. The molecule has 4 nitrogen and oxygen atoms in total. The molecule has 0 aliphatic heterocycles. The maximum absolute atomic E-state index is 12.5. The second kappa shape index (κ2) is 5.70. The summed E-state index contributed by atoms with van der Waals surface area (Å²) in [5, 5.41) is 3.11. The first kappa shape index (κ1) is 15.8. The van der Waals surface area contributed by atoms with E-state index in [1.807, 2.05) is 32.0 Å². The predicted molar refractivity (Wildman–Crippen MR) is 108 cm³/mol. The van der Waals surface area contributed by atoms with Crippen LogP contribution >= 0.6 is 11.3 Å². The molecule has 0 aliphatic rings. The molecule has 126 valence electrons. The van der Waals surface area contributed by atoms with Crippen molar-refractivity contribution in [3.63, 3.8) is 0 Å². The summed E-state index contributed by atoms with van der Waals surface area (Å²) in [6.45, 7) is 6.06. The van der Waals surface area contributed by atoms with Crippen molar-refractivity contribution in [3.8, 4) is 0 Å². The summed E-state index contributed by atoms with van der Waals surface area (Å²) in [5.41, 5.74) is 8.99. The lowest BCUT2D eigenvalue weighted by Crippen LogP contribution is -2.16. The van der Waals surface area contributed by atoms with Gasteiger partial charge in [-0.3, -0.25) is 9.79 Å². The Morgan fingerprint density at radius 1 is 1.16 bits per heavy atom. The number of fused-ring (bicyclic) bond motifs is 5. The third-order valence-corrected chi connectivity index (χ3v) is 5.43. The highest BCUT2D eigenvalue weighted by molar-refractivity contribution is 7.26. The Bertz CT molecular complexity index is 1210. The standard InChI is InChI=1S/C20H19N3OS/c1-10(2)22-19(21)12-5-7-15-14(9-12)17-13-6-4-11(3)8-16(13)25-18(17)20(24)23-15/h4-10H,1-3H3,(H2,21,22)(H,23,24). The molecule has 3 N–H and O–H groups in total. The van der Waals surface area contributed by atoms with Gasteiger partial charge in [-0.2, -0.15) is 0 Å². The van der Waals surface area contributed by atoms with Crippen LogP contribution in [0.4, 0.5) is 0 Å². The van der Waals surface area contributed by atoms with E-state index in [4.69, 9.17) is 5.73 Å². The van der Waals surface area contributed by atoms with Crippen molar-refractivity contribution >= 4 is 48.2 Å². The minimum absolute atomic E-state index is 0.0436. The van der Waals surface area contributed by atoms with Gasteiger partial charge in [-0.25, -0.2) is 0 Å². The highest BCUT2D eigenvalue weighted by atomic mass is 32.1. The highest BCUT2D eigenvalue weighted by Gasteiger charge is 2.13. The van der Waals surface area contributed by atoms with Crippen LogP contribution in [-0.2, 0) is 0 Å². The molecular formula is C20H19N3OS. The second-order valence-corrected chi connectivity index (χ2v) is 7.68. The number of H-pyrrole nitrogens is 1. The molecule has 0 spiro atoms. The number of benzene rings is 2. The number of nitrogens with two attached hydrogens (primary N) is 1. The van der Waals surface area contributed by atoms with Crippen molar-refractivity contribution in [3.05, 3.63) is 57.9 Å². The van der Waals surface area contributed by atoms with E-state index < -0.39 is 0 Å². The third-order valence-electron chi connectivity index (χ3n) is 4.28. The molecule has 4 rings (SSSR count). The maximum atomic E-state index is 12.5. The Balaban J connectivity index is 2.13. The SMILES string of the molecule is Cc1ccc2c(c1)sc1c(=O)[nH]c3ccc(C(N)=NC(C)C)cc3c12. The summed E-state index contributed by atoms with van der Waals surface area (Å²) in [6, 6.07) is 12.3. The summed E-state index contributed by atoms with van der Waals surface area (Å²) >= 11 is 1.54. The maximum Gasteiger partial charge on any atom is 0.266 e. The molecule has 0 bridgehead atoms. The molecule has 5 heteroatoms. The molecular weight excluding hydrogens is 330 g/mol. The zero-order valence-electron chi connectivity index (χ0n) is 14.4. The Morgan fingerprint density at radius 2 is 1.96 bits per heavy atom. The number of amidine groups is 1. The topological polar surface area (TPSA) is 71.2 Å². The van der Waals surface area contributed by atoms with E-state index in [2.05, 4.69) is 35.1 Å². The van der Waals surface area contributed by atoms with Gasteiger partial charge in [0.05, 0.1) is 0 Å². The lowest BCUT2D eigenvalue weighted by atomic mass is 10.0. The summed E-state index contributed by atoms with van der Waals surface area (Å²) in [4.78, 5) is 19.9. The number of nitrogens with one attached hydrogen (secondary N) is 1. The monoisotopic (exact) mass is 349 g/mol. The van der Waals surface area contributed by atoms with Crippen molar-refractivity contribution < 1.29 is 0 Å². The van der Waals surface area contributed by atoms with Crippen LogP contribution in [0.25, 0.3) is 31.1 Å². The summed E-state index contributed by atoms with van der Waals surface area (Å²) < 4.78 is 1.88. The van der Waals surface area contributed by atoms with Gasteiger partial charge in [0.1, 0.15) is 10.5 Å². The molecule has 0 saturated heterocycles. The number of nitrogens with zero attached hydrogens (tertiary/aromatic N) is 1. The van der Waals surface area contributed by atoms with Crippen LogP contribution in [0.3, 0.4) is 0 Å². The summed E-state index contributed by atoms with van der Waals surface area (Å²) in [7, 11) is 0. The fourth-order valence-electron chi connectivity index (χ4n) is 3.18. The molecule has 0 unspecified atom stereocenters. The van der Waals surface area contributed by atoms with Gasteiger partial charge in [-0.1, -0.05) is 12.1 Å². The van der Waals surface area contributed by atoms with Crippen molar-refractivity contribution in [2.75, 3.05) is 0 Å². The highest BCUT2D eigenvalue weighted by Crippen LogP contribution is 2.36. The average molecular weight is 349 g/mol. The largest absolute Gasteiger partial charge is 0.383 e. The van der Waals surface area contributed by atoms with E-state index >= 15 is 0 Å². The number of aliphatic imine (C=N–C) groups is 1. The number of aryl methyl sites for hydroxylation is 1. The summed E-state index contributed by atoms with van der Waals surface area (Å²) in [5.74, 6) is 0.520. The second-order valence-electron chi connectivity index (χ2n) is 6.63. The Hall–Kier alpha value is -2.66. The van der Waals surface area contributed by atoms with Gasteiger partial charge >= 0.3 is 0 Å². The molecule has 4 aromatic rings. The first-order valence-electron chi connectivity index (χ1n) is 8.26. The van der Waals surface area contributed by atoms with E-state index in [9.17, 15) is 4.79 Å². The van der Waals surface area contributed by atoms with E-state index in [1.165, 1.54) is 16.9 Å². The molecule has 0 amide bonds. The number of rotatable bonds is 2. The lowest BCUT2D eigenvalue weighted by molar-refractivity contribution is 0.834. The van der Waals surface area contributed by atoms with Crippen molar-refractivity contribution in [2.45, 2.75) is 26.8 Å². The van der Waals surface area contributed by atoms with Crippen LogP contribution < -0.4 is 11.3 Å². The Kier molecular flexibility index (Phi) is 3.62. The Morgan fingerprint density at radius 3 is 2.72 bits per heavy atom.